The third kappa shape index (κ3) is 2.88. The molecule has 0 aliphatic heterocycles. The maximum absolute atomic E-state index is 5.31. The predicted molar refractivity (Wildman–Crippen MR) is 54.6 cm³/mol. The summed E-state index contributed by atoms with van der Waals surface area (Å²) < 4.78 is 5.31. The van der Waals surface area contributed by atoms with Gasteiger partial charge in [-0.3, -0.25) is 0 Å². The summed E-state index contributed by atoms with van der Waals surface area (Å²) in [6.45, 7) is 8.75. The molecular weight excluding hydrogens is 162 g/mol. The van der Waals surface area contributed by atoms with Gasteiger partial charge in [-0.05, 0) is 31.9 Å². The molecule has 0 bridgehead atoms. The van der Waals surface area contributed by atoms with Crippen molar-refractivity contribution < 1.29 is 4.42 Å². The monoisotopic (exact) mass is 181 g/mol. The lowest BCUT2D eigenvalue weighted by atomic mass is 10.1. The van der Waals surface area contributed by atoms with Crippen LogP contribution in [0.2, 0.25) is 0 Å². The zero-order valence-electron chi connectivity index (χ0n) is 8.87. The average Bonchev–Trinajstić information content (AvgIpc) is 2.55. The van der Waals surface area contributed by atoms with Crippen LogP contribution in [0.5, 0.6) is 0 Å². The summed E-state index contributed by atoms with van der Waals surface area (Å²) in [5.74, 6) is 1.66. The Bertz CT molecular complexity index is 228. The van der Waals surface area contributed by atoms with Crippen LogP contribution in [-0.4, -0.2) is 6.04 Å². The van der Waals surface area contributed by atoms with Crippen molar-refractivity contribution in [3.8, 4) is 0 Å². The van der Waals surface area contributed by atoms with Crippen molar-refractivity contribution in [2.75, 3.05) is 0 Å². The van der Waals surface area contributed by atoms with Crippen molar-refractivity contribution in [3.05, 3.63) is 24.2 Å². The first-order chi connectivity index (χ1) is 6.11. The number of hydrogen-bond donors (Lipinski definition) is 1. The fourth-order valence-corrected chi connectivity index (χ4v) is 1.21. The van der Waals surface area contributed by atoms with Crippen LogP contribution in [0.4, 0.5) is 0 Å². The third-order valence-corrected chi connectivity index (χ3v) is 2.48. The highest BCUT2D eigenvalue weighted by atomic mass is 16.3. The molecule has 0 fully saturated rings. The highest BCUT2D eigenvalue weighted by molar-refractivity contribution is 5.03. The van der Waals surface area contributed by atoms with E-state index in [1.807, 2.05) is 12.1 Å². The van der Waals surface area contributed by atoms with Gasteiger partial charge in [0, 0.05) is 6.04 Å². The molecular formula is C11H19NO. The third-order valence-electron chi connectivity index (χ3n) is 2.48. The Labute approximate surface area is 80.3 Å². The maximum atomic E-state index is 5.31. The largest absolute Gasteiger partial charge is 0.468 e. The number of rotatable bonds is 4. The predicted octanol–water partition coefficient (Wildman–Crippen LogP) is 2.97. The van der Waals surface area contributed by atoms with E-state index in [0.717, 1.165) is 5.76 Å². The van der Waals surface area contributed by atoms with E-state index in [0.29, 0.717) is 18.0 Å². The van der Waals surface area contributed by atoms with Gasteiger partial charge in [-0.15, -0.1) is 0 Å². The number of nitrogens with one attached hydrogen (secondary N) is 1. The molecule has 1 aromatic heterocycles. The minimum atomic E-state index is 0.299. The van der Waals surface area contributed by atoms with Crippen LogP contribution in [0.3, 0.4) is 0 Å². The zero-order valence-corrected chi connectivity index (χ0v) is 8.87. The SMILES string of the molecule is CC(NC(C)C(C)C)c1ccco1. The van der Waals surface area contributed by atoms with Crippen LogP contribution in [0.1, 0.15) is 39.5 Å². The van der Waals surface area contributed by atoms with Gasteiger partial charge in [0.05, 0.1) is 12.3 Å². The van der Waals surface area contributed by atoms with Gasteiger partial charge in [0.2, 0.25) is 0 Å². The minimum Gasteiger partial charge on any atom is -0.468 e. The molecule has 2 atom stereocenters. The van der Waals surface area contributed by atoms with Gasteiger partial charge in [-0.25, -0.2) is 0 Å². The molecule has 0 saturated carbocycles. The molecule has 2 unspecified atom stereocenters. The molecule has 0 saturated heterocycles. The van der Waals surface area contributed by atoms with E-state index in [1.54, 1.807) is 6.26 Å². The Morgan fingerprint density at radius 1 is 1.23 bits per heavy atom. The highest BCUT2D eigenvalue weighted by Crippen LogP contribution is 2.14. The van der Waals surface area contributed by atoms with E-state index in [-0.39, 0.29) is 0 Å². The van der Waals surface area contributed by atoms with Gasteiger partial charge in [0.15, 0.2) is 0 Å². The first kappa shape index (κ1) is 10.3. The number of furan rings is 1. The van der Waals surface area contributed by atoms with E-state index in [4.69, 9.17) is 4.42 Å². The van der Waals surface area contributed by atoms with Gasteiger partial charge < -0.3 is 9.73 Å². The average molecular weight is 181 g/mol. The first-order valence-corrected chi connectivity index (χ1v) is 4.90. The Kier molecular flexibility index (Phi) is 3.55. The lowest BCUT2D eigenvalue weighted by Gasteiger charge is -2.21. The molecule has 0 spiro atoms. The topological polar surface area (TPSA) is 25.2 Å². The van der Waals surface area contributed by atoms with Crippen molar-refractivity contribution in [2.24, 2.45) is 5.92 Å². The second kappa shape index (κ2) is 4.47. The first-order valence-electron chi connectivity index (χ1n) is 4.90. The summed E-state index contributed by atoms with van der Waals surface area (Å²) >= 11 is 0. The fourth-order valence-electron chi connectivity index (χ4n) is 1.21. The Hall–Kier alpha value is -0.760. The van der Waals surface area contributed by atoms with E-state index < -0.39 is 0 Å². The lowest BCUT2D eigenvalue weighted by molar-refractivity contribution is 0.351. The Morgan fingerprint density at radius 3 is 2.38 bits per heavy atom. The second-order valence-electron chi connectivity index (χ2n) is 3.94. The summed E-state index contributed by atoms with van der Waals surface area (Å²) in [7, 11) is 0. The van der Waals surface area contributed by atoms with Crippen LogP contribution in [0.25, 0.3) is 0 Å². The molecule has 74 valence electrons. The summed E-state index contributed by atoms with van der Waals surface area (Å²) in [4.78, 5) is 0. The van der Waals surface area contributed by atoms with Gasteiger partial charge >= 0.3 is 0 Å². The molecule has 1 rings (SSSR count). The maximum Gasteiger partial charge on any atom is 0.120 e. The van der Waals surface area contributed by atoms with Crippen molar-refractivity contribution in [2.45, 2.75) is 39.8 Å². The smallest absolute Gasteiger partial charge is 0.120 e. The van der Waals surface area contributed by atoms with Gasteiger partial charge in [0.25, 0.3) is 0 Å². The lowest BCUT2D eigenvalue weighted by Crippen LogP contribution is -2.32. The Morgan fingerprint density at radius 2 is 1.92 bits per heavy atom. The molecule has 13 heavy (non-hydrogen) atoms. The molecule has 0 aliphatic carbocycles. The molecule has 0 aromatic carbocycles. The molecule has 1 aromatic rings. The summed E-state index contributed by atoms with van der Waals surface area (Å²) in [6, 6.07) is 4.74. The summed E-state index contributed by atoms with van der Waals surface area (Å²) in [6.07, 6.45) is 1.72. The van der Waals surface area contributed by atoms with Crippen molar-refractivity contribution in [1.29, 1.82) is 0 Å². The highest BCUT2D eigenvalue weighted by Gasteiger charge is 2.13. The fraction of sp³-hybridized carbons (Fsp3) is 0.636. The van der Waals surface area contributed by atoms with Crippen molar-refractivity contribution in [1.82, 2.24) is 5.32 Å². The van der Waals surface area contributed by atoms with Crippen LogP contribution in [0, 0.1) is 5.92 Å². The molecule has 2 nitrogen and oxygen atoms in total. The summed E-state index contributed by atoms with van der Waals surface area (Å²) in [5, 5.41) is 3.49. The van der Waals surface area contributed by atoms with Crippen LogP contribution in [0.15, 0.2) is 22.8 Å². The molecule has 0 amide bonds. The summed E-state index contributed by atoms with van der Waals surface area (Å²) in [5.41, 5.74) is 0. The molecule has 1 heterocycles. The van der Waals surface area contributed by atoms with Crippen LogP contribution >= 0.6 is 0 Å². The molecule has 0 radical (unpaired) electrons. The van der Waals surface area contributed by atoms with Gasteiger partial charge in [0.1, 0.15) is 5.76 Å². The van der Waals surface area contributed by atoms with Crippen LogP contribution in [-0.2, 0) is 0 Å². The quantitative estimate of drug-likeness (QED) is 0.772. The molecule has 2 heteroatoms. The Balaban J connectivity index is 2.46. The minimum absolute atomic E-state index is 0.299. The van der Waals surface area contributed by atoms with Crippen molar-refractivity contribution in [3.63, 3.8) is 0 Å². The van der Waals surface area contributed by atoms with Crippen LogP contribution < -0.4 is 5.32 Å². The molecule has 1 N–H and O–H groups in total. The van der Waals surface area contributed by atoms with Gasteiger partial charge in [-0.1, -0.05) is 13.8 Å². The zero-order chi connectivity index (χ0) is 9.84. The standard InChI is InChI=1S/C11H19NO/c1-8(2)9(3)12-10(4)11-6-5-7-13-11/h5-10,12H,1-4H3. The van der Waals surface area contributed by atoms with E-state index in [2.05, 4.69) is 33.0 Å². The van der Waals surface area contributed by atoms with E-state index >= 15 is 0 Å². The number of hydrogen-bond acceptors (Lipinski definition) is 2. The second-order valence-corrected chi connectivity index (χ2v) is 3.94. The van der Waals surface area contributed by atoms with Crippen molar-refractivity contribution >= 4 is 0 Å². The van der Waals surface area contributed by atoms with E-state index in [1.165, 1.54) is 0 Å². The normalized spacial score (nSPS) is 16.1. The van der Waals surface area contributed by atoms with E-state index in [9.17, 15) is 0 Å². The molecule has 0 aliphatic rings. The van der Waals surface area contributed by atoms with Gasteiger partial charge in [-0.2, -0.15) is 0 Å².